The Hall–Kier alpha value is -1.24. The summed E-state index contributed by atoms with van der Waals surface area (Å²) in [7, 11) is 1.70. The monoisotopic (exact) mass is 305 g/mol. The number of nitrogens with zero attached hydrogens (tertiary/aromatic N) is 2. The van der Waals surface area contributed by atoms with E-state index in [1.165, 1.54) is 25.7 Å². The fourth-order valence-electron chi connectivity index (χ4n) is 3.85. The summed E-state index contributed by atoms with van der Waals surface area (Å²) in [5.41, 5.74) is 1.16. The van der Waals surface area contributed by atoms with E-state index >= 15 is 0 Å². The molecule has 2 aliphatic heterocycles. The van der Waals surface area contributed by atoms with Gasteiger partial charge in [-0.1, -0.05) is 12.8 Å². The fraction of sp³-hybridized carbons (Fsp3) is 0.750. The van der Waals surface area contributed by atoms with E-state index in [1.54, 1.807) is 7.11 Å². The number of anilines is 1. The summed E-state index contributed by atoms with van der Waals surface area (Å²) < 4.78 is 17.1. The van der Waals surface area contributed by atoms with E-state index in [2.05, 4.69) is 10.3 Å². The van der Waals surface area contributed by atoms with Crippen LogP contribution in [0.3, 0.4) is 0 Å². The van der Waals surface area contributed by atoms with Gasteiger partial charge >= 0.3 is 0 Å². The zero-order valence-corrected chi connectivity index (χ0v) is 12.9. The highest BCUT2D eigenvalue weighted by molar-refractivity contribution is 5.30. The van der Waals surface area contributed by atoms with Gasteiger partial charge in [-0.25, -0.2) is 9.97 Å². The number of rotatable bonds is 4. The Morgan fingerprint density at radius 1 is 1.18 bits per heavy atom. The minimum absolute atomic E-state index is 0.0144. The molecular formula is C16H23N3O3. The lowest BCUT2D eigenvalue weighted by atomic mass is 10.0. The van der Waals surface area contributed by atoms with Crippen LogP contribution in [-0.2, 0) is 14.2 Å². The van der Waals surface area contributed by atoms with E-state index in [9.17, 15) is 0 Å². The zero-order chi connectivity index (χ0) is 14.9. The molecule has 2 saturated heterocycles. The van der Waals surface area contributed by atoms with Crippen LogP contribution in [0.15, 0.2) is 12.3 Å². The van der Waals surface area contributed by atoms with Crippen molar-refractivity contribution in [3.8, 4) is 0 Å². The average molecular weight is 305 g/mol. The SMILES string of the molecule is CO[C@H]1CO[C@@H]2[C@@H]1OC[C@@H]2Nc1nccc(C2CCCC2)n1. The normalized spacial score (nSPS) is 35.0. The molecule has 1 saturated carbocycles. The van der Waals surface area contributed by atoms with Crippen molar-refractivity contribution in [2.45, 2.75) is 56.0 Å². The Kier molecular flexibility index (Phi) is 3.98. The zero-order valence-electron chi connectivity index (χ0n) is 12.9. The molecule has 4 atom stereocenters. The summed E-state index contributed by atoms with van der Waals surface area (Å²) in [5, 5.41) is 3.39. The largest absolute Gasteiger partial charge is 0.376 e. The molecule has 6 heteroatoms. The highest BCUT2D eigenvalue weighted by Crippen LogP contribution is 2.33. The van der Waals surface area contributed by atoms with Gasteiger partial charge in [-0.05, 0) is 18.9 Å². The molecule has 0 bridgehead atoms. The number of fused-ring (bicyclic) bond motifs is 1. The molecule has 1 aromatic heterocycles. The van der Waals surface area contributed by atoms with Crippen LogP contribution in [0, 0.1) is 0 Å². The highest BCUT2D eigenvalue weighted by Gasteiger charge is 2.48. The second-order valence-electron chi connectivity index (χ2n) is 6.41. The smallest absolute Gasteiger partial charge is 0.223 e. The van der Waals surface area contributed by atoms with Crippen molar-refractivity contribution in [1.29, 1.82) is 0 Å². The van der Waals surface area contributed by atoms with Gasteiger partial charge in [-0.2, -0.15) is 0 Å². The van der Waals surface area contributed by atoms with Gasteiger partial charge in [0, 0.05) is 24.9 Å². The second-order valence-corrected chi connectivity index (χ2v) is 6.41. The molecule has 0 radical (unpaired) electrons. The van der Waals surface area contributed by atoms with Crippen molar-refractivity contribution in [2.24, 2.45) is 0 Å². The Morgan fingerprint density at radius 3 is 2.82 bits per heavy atom. The van der Waals surface area contributed by atoms with Crippen LogP contribution >= 0.6 is 0 Å². The number of methoxy groups -OCH3 is 1. The minimum Gasteiger partial charge on any atom is -0.376 e. The van der Waals surface area contributed by atoms with Crippen LogP contribution in [0.4, 0.5) is 5.95 Å². The third kappa shape index (κ3) is 2.59. The van der Waals surface area contributed by atoms with Crippen molar-refractivity contribution >= 4 is 5.95 Å². The Morgan fingerprint density at radius 2 is 2.00 bits per heavy atom. The standard InChI is InChI=1S/C16H23N3O3/c1-20-13-9-22-14-12(8-21-15(13)14)19-16-17-7-6-11(18-16)10-4-2-3-5-10/h6-7,10,12-15H,2-5,8-9H2,1H3,(H,17,18,19)/t12-,13-,14-,15+/m0/s1. The predicted molar refractivity (Wildman–Crippen MR) is 80.9 cm³/mol. The van der Waals surface area contributed by atoms with Gasteiger partial charge in [0.15, 0.2) is 0 Å². The molecule has 0 unspecified atom stereocenters. The lowest BCUT2D eigenvalue weighted by Gasteiger charge is -2.18. The van der Waals surface area contributed by atoms with Crippen LogP contribution in [-0.4, -0.2) is 54.6 Å². The topological polar surface area (TPSA) is 65.5 Å². The van der Waals surface area contributed by atoms with Gasteiger partial charge in [0.25, 0.3) is 0 Å². The maximum absolute atomic E-state index is 5.83. The molecule has 1 aromatic rings. The van der Waals surface area contributed by atoms with E-state index in [0.717, 1.165) is 5.69 Å². The van der Waals surface area contributed by atoms with Crippen molar-refractivity contribution in [2.75, 3.05) is 25.6 Å². The molecule has 22 heavy (non-hydrogen) atoms. The van der Waals surface area contributed by atoms with Gasteiger partial charge < -0.3 is 19.5 Å². The summed E-state index contributed by atoms with van der Waals surface area (Å²) in [5.74, 6) is 1.28. The van der Waals surface area contributed by atoms with Crippen LogP contribution < -0.4 is 5.32 Å². The summed E-state index contributed by atoms with van der Waals surface area (Å²) in [6, 6.07) is 2.13. The van der Waals surface area contributed by atoms with Crippen LogP contribution in [0.5, 0.6) is 0 Å². The van der Waals surface area contributed by atoms with Crippen LogP contribution in [0.1, 0.15) is 37.3 Å². The van der Waals surface area contributed by atoms with Gasteiger partial charge in [0.1, 0.15) is 18.3 Å². The molecule has 3 heterocycles. The van der Waals surface area contributed by atoms with Gasteiger partial charge in [-0.3, -0.25) is 0 Å². The van der Waals surface area contributed by atoms with Crippen molar-refractivity contribution in [3.63, 3.8) is 0 Å². The van der Waals surface area contributed by atoms with E-state index < -0.39 is 0 Å². The molecule has 3 fully saturated rings. The summed E-state index contributed by atoms with van der Waals surface area (Å²) >= 11 is 0. The molecular weight excluding hydrogens is 282 g/mol. The van der Waals surface area contributed by atoms with Gasteiger partial charge in [0.2, 0.25) is 5.95 Å². The average Bonchev–Trinajstić information content (AvgIpc) is 3.26. The first-order valence-corrected chi connectivity index (χ1v) is 8.20. The third-order valence-corrected chi connectivity index (χ3v) is 5.08. The first-order chi connectivity index (χ1) is 10.8. The maximum Gasteiger partial charge on any atom is 0.223 e. The Bertz CT molecular complexity index is 521. The number of aromatic nitrogens is 2. The number of nitrogens with one attached hydrogen (secondary N) is 1. The molecule has 0 aromatic carbocycles. The van der Waals surface area contributed by atoms with Crippen molar-refractivity contribution < 1.29 is 14.2 Å². The molecule has 120 valence electrons. The lowest BCUT2D eigenvalue weighted by molar-refractivity contribution is -0.00757. The summed E-state index contributed by atoms with van der Waals surface area (Å²) in [6.07, 6.45) is 7.02. The van der Waals surface area contributed by atoms with E-state index in [4.69, 9.17) is 19.2 Å². The van der Waals surface area contributed by atoms with Gasteiger partial charge in [-0.15, -0.1) is 0 Å². The first kappa shape index (κ1) is 14.4. The third-order valence-electron chi connectivity index (χ3n) is 5.08. The van der Waals surface area contributed by atoms with E-state index in [0.29, 0.717) is 25.1 Å². The molecule has 4 rings (SSSR count). The molecule has 1 N–H and O–H groups in total. The Balaban J connectivity index is 1.44. The maximum atomic E-state index is 5.83. The van der Waals surface area contributed by atoms with E-state index in [1.807, 2.05) is 12.3 Å². The molecule has 0 spiro atoms. The van der Waals surface area contributed by atoms with Crippen LogP contribution in [0.25, 0.3) is 0 Å². The predicted octanol–water partition coefficient (Wildman–Crippen LogP) is 1.73. The molecule has 6 nitrogen and oxygen atoms in total. The summed E-state index contributed by atoms with van der Waals surface area (Å²) in [4.78, 5) is 9.07. The van der Waals surface area contributed by atoms with E-state index in [-0.39, 0.29) is 24.4 Å². The first-order valence-electron chi connectivity index (χ1n) is 8.20. The van der Waals surface area contributed by atoms with Crippen molar-refractivity contribution in [1.82, 2.24) is 9.97 Å². The van der Waals surface area contributed by atoms with Gasteiger partial charge in [0.05, 0.1) is 19.3 Å². The molecule has 1 aliphatic carbocycles. The number of hydrogen-bond donors (Lipinski definition) is 1. The quantitative estimate of drug-likeness (QED) is 0.914. The van der Waals surface area contributed by atoms with Crippen LogP contribution in [0.2, 0.25) is 0 Å². The minimum atomic E-state index is 0.0144. The highest BCUT2D eigenvalue weighted by atomic mass is 16.6. The summed E-state index contributed by atoms with van der Waals surface area (Å²) in [6.45, 7) is 1.19. The number of ether oxygens (including phenoxy) is 3. The van der Waals surface area contributed by atoms with Crippen molar-refractivity contribution in [3.05, 3.63) is 18.0 Å². The second kappa shape index (κ2) is 6.10. The number of hydrogen-bond acceptors (Lipinski definition) is 6. The molecule has 3 aliphatic rings. The molecule has 0 amide bonds. The Labute approximate surface area is 130 Å². The lowest BCUT2D eigenvalue weighted by Crippen LogP contribution is -2.36. The fourth-order valence-corrected chi connectivity index (χ4v) is 3.85.